The molecule has 0 saturated carbocycles. The maximum absolute atomic E-state index is 5.45. The van der Waals surface area contributed by atoms with Crippen molar-refractivity contribution in [2.24, 2.45) is 5.73 Å². The van der Waals surface area contributed by atoms with Crippen molar-refractivity contribution in [2.75, 3.05) is 32.5 Å². The van der Waals surface area contributed by atoms with E-state index in [1.807, 2.05) is 26.2 Å². The van der Waals surface area contributed by atoms with Crippen molar-refractivity contribution in [1.82, 2.24) is 9.88 Å². The van der Waals surface area contributed by atoms with Gasteiger partial charge in [0.05, 0.1) is 17.6 Å². The van der Waals surface area contributed by atoms with Gasteiger partial charge in [-0.15, -0.1) is 0 Å². The van der Waals surface area contributed by atoms with Crippen LogP contribution in [0.1, 0.15) is 5.69 Å². The summed E-state index contributed by atoms with van der Waals surface area (Å²) in [5, 5.41) is 3.25. The number of anilines is 1. The molecule has 1 aromatic rings. The average molecular weight is 224 g/mol. The number of pyridine rings is 1. The lowest BCUT2D eigenvalue weighted by atomic mass is 10.3. The van der Waals surface area contributed by atoms with E-state index in [1.54, 1.807) is 6.20 Å². The molecule has 1 aromatic heterocycles. The van der Waals surface area contributed by atoms with Crippen LogP contribution in [0.15, 0.2) is 18.3 Å². The van der Waals surface area contributed by atoms with Crippen LogP contribution in [0, 0.1) is 0 Å². The zero-order valence-corrected chi connectivity index (χ0v) is 9.84. The van der Waals surface area contributed by atoms with Crippen molar-refractivity contribution in [2.45, 2.75) is 0 Å². The third-order valence-corrected chi connectivity index (χ3v) is 2.11. The molecular formula is C10H16N4S. The highest BCUT2D eigenvalue weighted by molar-refractivity contribution is 7.80. The van der Waals surface area contributed by atoms with Crippen molar-refractivity contribution >= 4 is 22.9 Å². The molecule has 0 spiro atoms. The maximum atomic E-state index is 5.45. The Morgan fingerprint density at radius 1 is 1.53 bits per heavy atom. The molecule has 1 heterocycles. The molecule has 0 aromatic carbocycles. The Balaban J connectivity index is 2.46. The quantitative estimate of drug-likeness (QED) is 0.721. The Bertz CT molecular complexity index is 321. The first-order chi connectivity index (χ1) is 7.09. The van der Waals surface area contributed by atoms with Crippen LogP contribution in [0.25, 0.3) is 0 Å². The minimum Gasteiger partial charge on any atom is -0.388 e. The van der Waals surface area contributed by atoms with Crippen LogP contribution in [-0.2, 0) is 0 Å². The van der Waals surface area contributed by atoms with Gasteiger partial charge in [-0.25, -0.2) is 0 Å². The molecule has 0 fully saturated rings. The number of thiocarbonyl (C=S) groups is 1. The van der Waals surface area contributed by atoms with Gasteiger partial charge in [-0.05, 0) is 26.2 Å². The zero-order valence-electron chi connectivity index (χ0n) is 9.03. The van der Waals surface area contributed by atoms with Crippen molar-refractivity contribution in [1.29, 1.82) is 0 Å². The van der Waals surface area contributed by atoms with E-state index in [1.165, 1.54) is 0 Å². The first-order valence-electron chi connectivity index (χ1n) is 4.74. The van der Waals surface area contributed by atoms with Crippen LogP contribution in [0.5, 0.6) is 0 Å². The van der Waals surface area contributed by atoms with Gasteiger partial charge in [-0.3, -0.25) is 4.98 Å². The normalized spacial score (nSPS) is 10.3. The molecule has 0 bridgehead atoms. The molecule has 1 rings (SSSR count). The lowest BCUT2D eigenvalue weighted by molar-refractivity contribution is 0.425. The van der Waals surface area contributed by atoms with Crippen molar-refractivity contribution in [3.8, 4) is 0 Å². The summed E-state index contributed by atoms with van der Waals surface area (Å²) in [5.74, 6) is 0. The molecule has 0 aliphatic carbocycles. The molecular weight excluding hydrogens is 208 g/mol. The lowest BCUT2D eigenvalue weighted by Crippen LogP contribution is -2.21. The van der Waals surface area contributed by atoms with Gasteiger partial charge in [0.25, 0.3) is 0 Å². The number of rotatable bonds is 5. The monoisotopic (exact) mass is 224 g/mol. The van der Waals surface area contributed by atoms with Crippen LogP contribution in [0.4, 0.5) is 5.69 Å². The molecule has 5 heteroatoms. The second-order valence-electron chi connectivity index (χ2n) is 3.53. The Morgan fingerprint density at radius 3 is 2.73 bits per heavy atom. The highest BCUT2D eigenvalue weighted by Crippen LogP contribution is 2.05. The third kappa shape index (κ3) is 4.22. The molecule has 0 saturated heterocycles. The highest BCUT2D eigenvalue weighted by atomic mass is 32.1. The summed E-state index contributed by atoms with van der Waals surface area (Å²) in [4.78, 5) is 6.58. The average Bonchev–Trinajstić information content (AvgIpc) is 2.18. The van der Waals surface area contributed by atoms with E-state index in [9.17, 15) is 0 Å². The van der Waals surface area contributed by atoms with E-state index in [-0.39, 0.29) is 0 Å². The number of nitrogens with zero attached hydrogens (tertiary/aromatic N) is 2. The Kier molecular flexibility index (Phi) is 4.45. The van der Waals surface area contributed by atoms with E-state index >= 15 is 0 Å². The molecule has 4 nitrogen and oxygen atoms in total. The van der Waals surface area contributed by atoms with Gasteiger partial charge in [0.15, 0.2) is 0 Å². The Morgan fingerprint density at radius 2 is 2.27 bits per heavy atom. The second kappa shape index (κ2) is 5.63. The standard InChI is InChI=1S/C10H16N4S/c1-14(2)6-5-12-8-3-4-9(10(11)15)13-7-8/h3-4,7,12H,5-6H2,1-2H3,(H2,11,15). The fraction of sp³-hybridized carbons (Fsp3) is 0.400. The Labute approximate surface area is 95.5 Å². The van der Waals surface area contributed by atoms with Crippen LogP contribution in [0.2, 0.25) is 0 Å². The number of aromatic nitrogens is 1. The van der Waals surface area contributed by atoms with E-state index in [0.29, 0.717) is 10.7 Å². The van der Waals surface area contributed by atoms with Crippen molar-refractivity contribution in [3.05, 3.63) is 24.0 Å². The first-order valence-corrected chi connectivity index (χ1v) is 5.15. The smallest absolute Gasteiger partial charge is 0.122 e. The van der Waals surface area contributed by atoms with Crippen LogP contribution in [0.3, 0.4) is 0 Å². The molecule has 82 valence electrons. The molecule has 0 amide bonds. The fourth-order valence-corrected chi connectivity index (χ4v) is 1.19. The molecule has 3 N–H and O–H groups in total. The maximum Gasteiger partial charge on any atom is 0.122 e. The van der Waals surface area contributed by atoms with Crippen molar-refractivity contribution in [3.63, 3.8) is 0 Å². The van der Waals surface area contributed by atoms with E-state index in [0.717, 1.165) is 18.8 Å². The number of nitrogens with two attached hydrogens (primary N) is 1. The summed E-state index contributed by atoms with van der Waals surface area (Å²) in [6.07, 6.45) is 1.74. The topological polar surface area (TPSA) is 54.2 Å². The van der Waals surface area contributed by atoms with Gasteiger partial charge >= 0.3 is 0 Å². The molecule has 15 heavy (non-hydrogen) atoms. The predicted molar refractivity (Wildman–Crippen MR) is 67.2 cm³/mol. The van der Waals surface area contributed by atoms with E-state index in [2.05, 4.69) is 15.2 Å². The lowest BCUT2D eigenvalue weighted by Gasteiger charge is -2.11. The number of hydrogen-bond acceptors (Lipinski definition) is 4. The highest BCUT2D eigenvalue weighted by Gasteiger charge is 1.97. The second-order valence-corrected chi connectivity index (χ2v) is 3.97. The van der Waals surface area contributed by atoms with Crippen LogP contribution >= 0.6 is 12.2 Å². The number of likely N-dealkylation sites (N-methyl/N-ethyl adjacent to an activating group) is 1. The molecule has 0 aliphatic heterocycles. The minimum absolute atomic E-state index is 0.329. The summed E-state index contributed by atoms with van der Waals surface area (Å²) in [5.41, 5.74) is 7.08. The summed E-state index contributed by atoms with van der Waals surface area (Å²) in [7, 11) is 4.08. The predicted octanol–water partition coefficient (Wildman–Crippen LogP) is 0.689. The van der Waals surface area contributed by atoms with Gasteiger partial charge in [-0.2, -0.15) is 0 Å². The van der Waals surface area contributed by atoms with Crippen molar-refractivity contribution < 1.29 is 0 Å². The number of nitrogens with one attached hydrogen (secondary N) is 1. The SMILES string of the molecule is CN(C)CCNc1ccc(C(N)=S)nc1. The fourth-order valence-electron chi connectivity index (χ4n) is 1.07. The zero-order chi connectivity index (χ0) is 11.3. The summed E-state index contributed by atoms with van der Waals surface area (Å²) >= 11 is 4.82. The van der Waals surface area contributed by atoms with E-state index in [4.69, 9.17) is 18.0 Å². The van der Waals surface area contributed by atoms with Gasteiger partial charge in [-0.1, -0.05) is 12.2 Å². The molecule has 0 atom stereocenters. The largest absolute Gasteiger partial charge is 0.388 e. The van der Waals surface area contributed by atoms with Gasteiger partial charge in [0.2, 0.25) is 0 Å². The summed E-state index contributed by atoms with van der Waals surface area (Å²) < 4.78 is 0. The molecule has 0 unspecified atom stereocenters. The van der Waals surface area contributed by atoms with Gasteiger partial charge in [0.1, 0.15) is 4.99 Å². The number of hydrogen-bond donors (Lipinski definition) is 2. The minimum atomic E-state index is 0.329. The van der Waals surface area contributed by atoms with Gasteiger partial charge in [0, 0.05) is 13.1 Å². The van der Waals surface area contributed by atoms with Gasteiger partial charge < -0.3 is 16.0 Å². The van der Waals surface area contributed by atoms with E-state index < -0.39 is 0 Å². The molecule has 0 aliphatic rings. The first kappa shape index (κ1) is 11.9. The Hall–Kier alpha value is -1.20. The third-order valence-electron chi connectivity index (χ3n) is 1.90. The summed E-state index contributed by atoms with van der Waals surface area (Å²) in [6.45, 7) is 1.87. The molecule has 0 radical (unpaired) electrons. The summed E-state index contributed by atoms with van der Waals surface area (Å²) in [6, 6.07) is 3.75. The van der Waals surface area contributed by atoms with Crippen LogP contribution in [-0.4, -0.2) is 42.1 Å². The van der Waals surface area contributed by atoms with Crippen LogP contribution < -0.4 is 11.1 Å².